The topological polar surface area (TPSA) is 50.2 Å². The highest BCUT2D eigenvalue weighted by molar-refractivity contribution is 6.30. The van der Waals surface area contributed by atoms with Gasteiger partial charge in [-0.15, -0.1) is 0 Å². The van der Waals surface area contributed by atoms with Crippen LogP contribution in [0.15, 0.2) is 48.7 Å². The van der Waals surface area contributed by atoms with Crippen molar-refractivity contribution in [1.29, 1.82) is 0 Å². The van der Waals surface area contributed by atoms with Crippen molar-refractivity contribution < 1.29 is 9.90 Å². The number of hydrogen-bond acceptors (Lipinski definition) is 2. The molecule has 0 saturated carbocycles. The van der Waals surface area contributed by atoms with Crippen LogP contribution in [0.25, 0.3) is 0 Å². The number of aromatic nitrogens is 1. The van der Waals surface area contributed by atoms with Gasteiger partial charge in [-0.05, 0) is 36.2 Å². The van der Waals surface area contributed by atoms with Crippen molar-refractivity contribution in [3.8, 4) is 0 Å². The summed E-state index contributed by atoms with van der Waals surface area (Å²) in [4.78, 5) is 15.4. The van der Waals surface area contributed by atoms with Crippen LogP contribution in [0, 0.1) is 0 Å². The first kappa shape index (κ1) is 12.6. The molecule has 0 bridgehead atoms. The van der Waals surface area contributed by atoms with Gasteiger partial charge in [0.2, 0.25) is 0 Å². The van der Waals surface area contributed by atoms with Gasteiger partial charge < -0.3 is 5.11 Å². The first-order chi connectivity index (χ1) is 8.66. The Labute approximate surface area is 110 Å². The number of carboxylic acid groups (broad SMARTS) is 1. The van der Waals surface area contributed by atoms with E-state index in [2.05, 4.69) is 4.98 Å². The van der Waals surface area contributed by atoms with E-state index in [0.29, 0.717) is 17.1 Å². The highest BCUT2D eigenvalue weighted by Gasteiger charge is 2.21. The maximum Gasteiger partial charge on any atom is 0.312 e. The Morgan fingerprint density at radius 1 is 1.28 bits per heavy atom. The average molecular weight is 262 g/mol. The molecule has 1 heterocycles. The van der Waals surface area contributed by atoms with Crippen LogP contribution >= 0.6 is 11.6 Å². The van der Waals surface area contributed by atoms with E-state index >= 15 is 0 Å². The van der Waals surface area contributed by atoms with Crippen LogP contribution in [0.2, 0.25) is 5.02 Å². The highest BCUT2D eigenvalue weighted by Crippen LogP contribution is 2.21. The lowest BCUT2D eigenvalue weighted by atomic mass is 9.96. The second kappa shape index (κ2) is 5.65. The van der Waals surface area contributed by atoms with E-state index in [1.54, 1.807) is 36.5 Å². The molecule has 1 aromatic carbocycles. The first-order valence-electron chi connectivity index (χ1n) is 5.55. The molecule has 0 amide bonds. The average Bonchev–Trinajstić information content (AvgIpc) is 2.37. The van der Waals surface area contributed by atoms with Crippen LogP contribution < -0.4 is 0 Å². The maximum atomic E-state index is 11.3. The Morgan fingerprint density at radius 3 is 2.72 bits per heavy atom. The van der Waals surface area contributed by atoms with Gasteiger partial charge in [-0.2, -0.15) is 0 Å². The van der Waals surface area contributed by atoms with Crippen LogP contribution in [0.4, 0.5) is 0 Å². The summed E-state index contributed by atoms with van der Waals surface area (Å²) in [5, 5.41) is 9.89. The lowest BCUT2D eigenvalue weighted by molar-refractivity contribution is -0.138. The Kier molecular flexibility index (Phi) is 3.95. The summed E-state index contributed by atoms with van der Waals surface area (Å²) >= 11 is 5.89. The summed E-state index contributed by atoms with van der Waals surface area (Å²) in [5.74, 6) is -1.53. The van der Waals surface area contributed by atoms with Gasteiger partial charge in [-0.1, -0.05) is 29.8 Å². The number of rotatable bonds is 4. The van der Waals surface area contributed by atoms with Crippen molar-refractivity contribution in [2.75, 3.05) is 0 Å². The molecule has 1 atom stereocenters. The fourth-order valence-corrected chi connectivity index (χ4v) is 2.01. The number of benzene rings is 1. The summed E-state index contributed by atoms with van der Waals surface area (Å²) in [7, 11) is 0. The summed E-state index contributed by atoms with van der Waals surface area (Å²) in [5.41, 5.74) is 1.45. The number of halogens is 1. The van der Waals surface area contributed by atoms with E-state index in [4.69, 9.17) is 11.6 Å². The molecule has 1 unspecified atom stereocenters. The van der Waals surface area contributed by atoms with Crippen LogP contribution in [0.1, 0.15) is 17.2 Å². The monoisotopic (exact) mass is 261 g/mol. The normalized spacial score (nSPS) is 12.1. The molecular formula is C14H12ClNO2. The van der Waals surface area contributed by atoms with E-state index in [1.165, 1.54) is 0 Å². The quantitative estimate of drug-likeness (QED) is 0.920. The van der Waals surface area contributed by atoms with E-state index in [1.807, 2.05) is 12.1 Å². The molecule has 1 N–H and O–H groups in total. The zero-order valence-corrected chi connectivity index (χ0v) is 10.3. The third-order valence-electron chi connectivity index (χ3n) is 2.67. The molecule has 3 nitrogen and oxygen atoms in total. The molecule has 0 aliphatic carbocycles. The Hall–Kier alpha value is -1.87. The molecule has 2 rings (SSSR count). The molecule has 1 aromatic heterocycles. The minimum absolute atomic E-state index is 0.382. The van der Waals surface area contributed by atoms with Crippen molar-refractivity contribution in [3.63, 3.8) is 0 Å². The smallest absolute Gasteiger partial charge is 0.312 e. The zero-order valence-electron chi connectivity index (χ0n) is 9.58. The van der Waals surface area contributed by atoms with Gasteiger partial charge >= 0.3 is 5.97 Å². The van der Waals surface area contributed by atoms with Gasteiger partial charge in [0, 0.05) is 11.2 Å². The van der Waals surface area contributed by atoms with Gasteiger partial charge in [-0.25, -0.2) is 0 Å². The molecule has 92 valence electrons. The first-order valence-corrected chi connectivity index (χ1v) is 5.93. The van der Waals surface area contributed by atoms with Crippen LogP contribution in [0.3, 0.4) is 0 Å². The number of pyridine rings is 1. The fraction of sp³-hybridized carbons (Fsp3) is 0.143. The third-order valence-corrected chi connectivity index (χ3v) is 2.91. The predicted octanol–water partition coefficient (Wildman–Crippen LogP) is 3.15. The van der Waals surface area contributed by atoms with Gasteiger partial charge in [-0.3, -0.25) is 9.78 Å². The third kappa shape index (κ3) is 3.08. The summed E-state index contributed by atoms with van der Waals surface area (Å²) in [6.45, 7) is 0. The second-order valence-corrected chi connectivity index (χ2v) is 4.42. The Bertz CT molecular complexity index is 543. The molecule has 0 fully saturated rings. The van der Waals surface area contributed by atoms with E-state index in [0.717, 1.165) is 5.56 Å². The minimum Gasteiger partial charge on any atom is -0.481 e. The van der Waals surface area contributed by atoms with Crippen molar-refractivity contribution in [2.24, 2.45) is 0 Å². The number of carbonyl (C=O) groups is 1. The van der Waals surface area contributed by atoms with Gasteiger partial charge in [0.25, 0.3) is 0 Å². The van der Waals surface area contributed by atoms with Crippen LogP contribution in [-0.4, -0.2) is 16.1 Å². The van der Waals surface area contributed by atoms with Crippen molar-refractivity contribution in [3.05, 3.63) is 64.9 Å². The van der Waals surface area contributed by atoms with Gasteiger partial charge in [0.15, 0.2) is 0 Å². The SMILES string of the molecule is O=C(O)C(Cc1cccc(Cl)c1)c1ccccn1. The van der Waals surface area contributed by atoms with Crippen molar-refractivity contribution >= 4 is 17.6 Å². The molecular weight excluding hydrogens is 250 g/mol. The number of aliphatic carboxylic acids is 1. The lowest BCUT2D eigenvalue weighted by Gasteiger charge is -2.11. The largest absolute Gasteiger partial charge is 0.481 e. The Morgan fingerprint density at radius 2 is 2.11 bits per heavy atom. The van der Waals surface area contributed by atoms with E-state index in [9.17, 15) is 9.90 Å². The highest BCUT2D eigenvalue weighted by atomic mass is 35.5. The summed E-state index contributed by atoms with van der Waals surface area (Å²) in [6.07, 6.45) is 1.98. The number of carboxylic acids is 1. The number of nitrogens with zero attached hydrogens (tertiary/aromatic N) is 1. The van der Waals surface area contributed by atoms with E-state index in [-0.39, 0.29) is 0 Å². The number of hydrogen-bond donors (Lipinski definition) is 1. The molecule has 0 spiro atoms. The van der Waals surface area contributed by atoms with Gasteiger partial charge in [0.05, 0.1) is 5.69 Å². The van der Waals surface area contributed by atoms with Gasteiger partial charge in [0.1, 0.15) is 5.92 Å². The predicted molar refractivity (Wildman–Crippen MR) is 69.8 cm³/mol. The molecule has 0 aliphatic rings. The van der Waals surface area contributed by atoms with Crippen LogP contribution in [0.5, 0.6) is 0 Å². The second-order valence-electron chi connectivity index (χ2n) is 3.98. The molecule has 0 radical (unpaired) electrons. The molecule has 2 aromatic rings. The Balaban J connectivity index is 2.25. The minimum atomic E-state index is -0.881. The summed E-state index contributed by atoms with van der Waals surface area (Å²) in [6, 6.07) is 12.5. The standard InChI is InChI=1S/C14H12ClNO2/c15-11-5-3-4-10(8-11)9-12(14(17)18)13-6-1-2-7-16-13/h1-8,12H,9H2,(H,17,18). The fourth-order valence-electron chi connectivity index (χ4n) is 1.80. The molecule has 4 heteroatoms. The van der Waals surface area contributed by atoms with Crippen molar-refractivity contribution in [2.45, 2.75) is 12.3 Å². The lowest BCUT2D eigenvalue weighted by Crippen LogP contribution is -2.15. The van der Waals surface area contributed by atoms with E-state index < -0.39 is 11.9 Å². The summed E-state index contributed by atoms with van der Waals surface area (Å²) < 4.78 is 0. The molecule has 18 heavy (non-hydrogen) atoms. The van der Waals surface area contributed by atoms with Crippen LogP contribution in [-0.2, 0) is 11.2 Å². The molecule has 0 saturated heterocycles. The zero-order chi connectivity index (χ0) is 13.0. The molecule has 0 aliphatic heterocycles. The maximum absolute atomic E-state index is 11.3. The van der Waals surface area contributed by atoms with Crippen molar-refractivity contribution in [1.82, 2.24) is 4.98 Å².